The summed E-state index contributed by atoms with van der Waals surface area (Å²) in [4.78, 5) is 19.3. The van der Waals surface area contributed by atoms with Gasteiger partial charge in [0.15, 0.2) is 0 Å². The predicted octanol–water partition coefficient (Wildman–Crippen LogP) is 3.84. The number of aliphatic hydroxyl groups is 1. The van der Waals surface area contributed by atoms with E-state index in [1.807, 2.05) is 24.3 Å². The summed E-state index contributed by atoms with van der Waals surface area (Å²) in [5, 5.41) is 15.5. The number of methoxy groups -OCH3 is 2. The van der Waals surface area contributed by atoms with E-state index in [4.69, 9.17) is 9.47 Å². The van der Waals surface area contributed by atoms with Crippen LogP contribution in [0.5, 0.6) is 5.75 Å². The number of likely N-dealkylation sites (tertiary alicyclic amines) is 1. The van der Waals surface area contributed by atoms with Crippen molar-refractivity contribution < 1.29 is 19.4 Å². The van der Waals surface area contributed by atoms with Crippen molar-refractivity contribution in [3.05, 3.63) is 36.0 Å². The Kier molecular flexibility index (Phi) is 9.47. The molecular weight excluding hydrogens is 418 g/mol. The fraction of sp³-hybridized carbons (Fsp3) is 0.615. The number of esters is 1. The number of nitrogens with zero attached hydrogens (tertiary/aromatic N) is 2. The summed E-state index contributed by atoms with van der Waals surface area (Å²) in [5.41, 5.74) is 1.05. The summed E-state index contributed by atoms with van der Waals surface area (Å²) in [6.07, 6.45) is 8.41. The lowest BCUT2D eigenvalue weighted by molar-refractivity contribution is -0.151. The normalized spacial score (nSPS) is 17.1. The fourth-order valence-electron chi connectivity index (χ4n) is 4.73. The number of hydrogen-bond donors (Lipinski definition) is 2. The lowest BCUT2D eigenvalue weighted by Gasteiger charge is -2.41. The maximum Gasteiger partial charge on any atom is 0.326 e. The zero-order valence-corrected chi connectivity index (χ0v) is 20.3. The number of ether oxygens (including phenoxy) is 2. The lowest BCUT2D eigenvalue weighted by atomic mass is 9.86. The average molecular weight is 458 g/mol. The van der Waals surface area contributed by atoms with Gasteiger partial charge in [-0.3, -0.25) is 9.78 Å². The second-order valence-electron chi connectivity index (χ2n) is 9.01. The summed E-state index contributed by atoms with van der Waals surface area (Å²) < 4.78 is 10.5. The average Bonchev–Trinajstić information content (AvgIpc) is 2.85. The molecule has 1 aliphatic rings. The Morgan fingerprint density at radius 2 is 1.94 bits per heavy atom. The number of β-amino-alcohol motifs (C(OH)–C–C–N with tert-alkyl or cyclic N) is 1. The molecule has 0 radical (unpaired) electrons. The summed E-state index contributed by atoms with van der Waals surface area (Å²) in [6, 6.07) is 7.57. The standard InChI is InChI=1S/C26H39N3O4/c1-4-5-6-7-8-14-28-26(25(31)33-3)12-16-29(17-13-26)19-24(30)21-11-15-27-23-10-9-20(32-2)18-22(21)23/h9-11,15,18,24,28,30H,4-8,12-14,16-17,19H2,1-3H3/t24-/m0/s1. The van der Waals surface area contributed by atoms with E-state index in [1.54, 1.807) is 13.3 Å². The quantitative estimate of drug-likeness (QED) is 0.370. The highest BCUT2D eigenvalue weighted by atomic mass is 16.5. The van der Waals surface area contributed by atoms with E-state index in [2.05, 4.69) is 22.1 Å². The van der Waals surface area contributed by atoms with Crippen LogP contribution >= 0.6 is 0 Å². The van der Waals surface area contributed by atoms with Gasteiger partial charge in [0.05, 0.1) is 25.8 Å². The SMILES string of the molecule is CCCCCCCNC1(C(=O)OC)CCN(C[C@H](O)c2ccnc3ccc(OC)cc23)CC1. The smallest absolute Gasteiger partial charge is 0.326 e. The number of pyridine rings is 1. The molecule has 3 rings (SSSR count). The Labute approximate surface area is 197 Å². The Bertz CT molecular complexity index is 896. The molecule has 182 valence electrons. The van der Waals surface area contributed by atoms with Crippen LogP contribution in [0.15, 0.2) is 30.5 Å². The first-order valence-corrected chi connectivity index (χ1v) is 12.2. The highest BCUT2D eigenvalue weighted by molar-refractivity contribution is 5.84. The largest absolute Gasteiger partial charge is 0.497 e. The number of carbonyl (C=O) groups excluding carboxylic acids is 1. The van der Waals surface area contributed by atoms with Gasteiger partial charge in [0.1, 0.15) is 11.3 Å². The summed E-state index contributed by atoms with van der Waals surface area (Å²) in [5.74, 6) is 0.564. The molecule has 2 aromatic rings. The highest BCUT2D eigenvalue weighted by Gasteiger charge is 2.42. The molecule has 2 N–H and O–H groups in total. The van der Waals surface area contributed by atoms with Crippen molar-refractivity contribution in [3.8, 4) is 5.75 Å². The summed E-state index contributed by atoms with van der Waals surface area (Å²) in [7, 11) is 3.10. The first kappa shape index (κ1) is 25.4. The molecule has 0 aliphatic carbocycles. The molecule has 0 bridgehead atoms. The fourth-order valence-corrected chi connectivity index (χ4v) is 4.73. The zero-order valence-electron chi connectivity index (χ0n) is 20.3. The predicted molar refractivity (Wildman–Crippen MR) is 130 cm³/mol. The van der Waals surface area contributed by atoms with Crippen molar-refractivity contribution in [1.29, 1.82) is 0 Å². The number of aromatic nitrogens is 1. The van der Waals surface area contributed by atoms with Gasteiger partial charge < -0.3 is 24.8 Å². The first-order valence-electron chi connectivity index (χ1n) is 12.2. The van der Waals surface area contributed by atoms with Gasteiger partial charge in [-0.1, -0.05) is 32.6 Å². The van der Waals surface area contributed by atoms with Crippen LogP contribution in [0.25, 0.3) is 10.9 Å². The Morgan fingerprint density at radius 1 is 1.18 bits per heavy atom. The molecule has 1 aliphatic heterocycles. The molecule has 7 nitrogen and oxygen atoms in total. The van der Waals surface area contributed by atoms with Gasteiger partial charge in [-0.15, -0.1) is 0 Å². The van der Waals surface area contributed by atoms with Crippen LogP contribution in [-0.2, 0) is 9.53 Å². The number of nitrogens with one attached hydrogen (secondary N) is 1. The molecule has 1 saturated heterocycles. The van der Waals surface area contributed by atoms with Gasteiger partial charge >= 0.3 is 5.97 Å². The van der Waals surface area contributed by atoms with Gasteiger partial charge in [-0.05, 0) is 55.6 Å². The van der Waals surface area contributed by atoms with Crippen LogP contribution in [0.4, 0.5) is 0 Å². The van der Waals surface area contributed by atoms with E-state index in [0.717, 1.165) is 48.3 Å². The van der Waals surface area contributed by atoms with E-state index >= 15 is 0 Å². The Balaban J connectivity index is 1.60. The zero-order chi connectivity index (χ0) is 23.7. The number of rotatable bonds is 12. The van der Waals surface area contributed by atoms with Gasteiger partial charge in [0.2, 0.25) is 0 Å². The van der Waals surface area contributed by atoms with Gasteiger partial charge in [-0.2, -0.15) is 0 Å². The van der Waals surface area contributed by atoms with Gasteiger partial charge in [0.25, 0.3) is 0 Å². The molecule has 2 heterocycles. The molecule has 0 saturated carbocycles. The summed E-state index contributed by atoms with van der Waals surface area (Å²) >= 11 is 0. The molecule has 1 fully saturated rings. The van der Waals surface area contributed by atoms with Gasteiger partial charge in [-0.25, -0.2) is 0 Å². The van der Waals surface area contributed by atoms with Crippen molar-refractivity contribution in [1.82, 2.24) is 15.2 Å². The van der Waals surface area contributed by atoms with E-state index < -0.39 is 11.6 Å². The van der Waals surface area contributed by atoms with E-state index in [0.29, 0.717) is 19.4 Å². The van der Waals surface area contributed by atoms with Crippen LogP contribution in [-0.4, -0.2) is 66.9 Å². The molecule has 33 heavy (non-hydrogen) atoms. The van der Waals surface area contributed by atoms with Crippen LogP contribution in [0.2, 0.25) is 0 Å². The monoisotopic (exact) mass is 457 g/mol. The van der Waals surface area contributed by atoms with Crippen molar-refractivity contribution in [3.63, 3.8) is 0 Å². The maximum atomic E-state index is 12.6. The molecule has 1 aromatic carbocycles. The molecule has 1 atom stereocenters. The Hall–Kier alpha value is -2.22. The van der Waals surface area contributed by atoms with E-state index in [-0.39, 0.29) is 5.97 Å². The minimum absolute atomic E-state index is 0.177. The number of benzene rings is 1. The molecule has 0 unspecified atom stereocenters. The number of fused-ring (bicyclic) bond motifs is 1. The number of carbonyl (C=O) groups is 1. The molecule has 1 aromatic heterocycles. The third kappa shape index (κ3) is 6.43. The molecule has 7 heteroatoms. The minimum atomic E-state index is -0.653. The molecular formula is C26H39N3O4. The third-order valence-corrected chi connectivity index (χ3v) is 6.80. The van der Waals surface area contributed by atoms with Crippen molar-refractivity contribution in [2.24, 2.45) is 0 Å². The van der Waals surface area contributed by atoms with Crippen LogP contribution < -0.4 is 10.1 Å². The van der Waals surface area contributed by atoms with Gasteiger partial charge in [0, 0.05) is 31.2 Å². The number of piperidine rings is 1. The highest BCUT2D eigenvalue weighted by Crippen LogP contribution is 2.29. The van der Waals surface area contributed by atoms with Crippen molar-refractivity contribution in [2.75, 3.05) is 40.4 Å². The summed E-state index contributed by atoms with van der Waals surface area (Å²) in [6.45, 7) is 4.99. The number of aliphatic hydroxyl groups excluding tert-OH is 1. The first-order chi connectivity index (χ1) is 16.0. The number of unbranched alkanes of at least 4 members (excludes halogenated alkanes) is 4. The van der Waals surface area contributed by atoms with Crippen molar-refractivity contribution in [2.45, 2.75) is 63.5 Å². The number of hydrogen-bond acceptors (Lipinski definition) is 7. The minimum Gasteiger partial charge on any atom is -0.497 e. The van der Waals surface area contributed by atoms with Crippen LogP contribution in [0, 0.1) is 0 Å². The third-order valence-electron chi connectivity index (χ3n) is 6.80. The second kappa shape index (κ2) is 12.3. The van der Waals surface area contributed by atoms with Crippen LogP contribution in [0.3, 0.4) is 0 Å². The van der Waals surface area contributed by atoms with E-state index in [1.165, 1.54) is 32.8 Å². The van der Waals surface area contributed by atoms with E-state index in [9.17, 15) is 9.90 Å². The van der Waals surface area contributed by atoms with Crippen molar-refractivity contribution >= 4 is 16.9 Å². The van der Waals surface area contributed by atoms with Crippen LogP contribution in [0.1, 0.15) is 63.5 Å². The lowest BCUT2D eigenvalue weighted by Crippen LogP contribution is -2.59. The second-order valence-corrected chi connectivity index (χ2v) is 9.01. The Morgan fingerprint density at radius 3 is 2.64 bits per heavy atom. The molecule has 0 spiro atoms. The maximum absolute atomic E-state index is 12.6. The topological polar surface area (TPSA) is 83.9 Å². The molecule has 0 amide bonds.